The van der Waals surface area contributed by atoms with E-state index >= 15 is 0 Å². The van der Waals surface area contributed by atoms with Crippen molar-refractivity contribution in [2.75, 3.05) is 12.3 Å². The monoisotopic (exact) mass is 159 g/mol. The van der Waals surface area contributed by atoms with Gasteiger partial charge in [-0.25, -0.2) is 0 Å². The van der Waals surface area contributed by atoms with Crippen molar-refractivity contribution in [2.45, 2.75) is 25.8 Å². The lowest BCUT2D eigenvalue weighted by Gasteiger charge is -2.19. The van der Waals surface area contributed by atoms with Crippen LogP contribution in [-0.4, -0.2) is 29.1 Å². The molecule has 1 atom stereocenters. The van der Waals surface area contributed by atoms with Crippen molar-refractivity contribution < 1.29 is 4.79 Å². The van der Waals surface area contributed by atoms with Crippen LogP contribution in [0, 0.1) is 0 Å². The SMILES string of the molecule is CC1CCCN1C(=O)CS. The predicted molar refractivity (Wildman–Crippen MR) is 44.3 cm³/mol. The van der Waals surface area contributed by atoms with E-state index < -0.39 is 0 Å². The number of rotatable bonds is 1. The average molecular weight is 159 g/mol. The van der Waals surface area contributed by atoms with Gasteiger partial charge in [0.05, 0.1) is 5.75 Å². The fourth-order valence-corrected chi connectivity index (χ4v) is 1.58. The summed E-state index contributed by atoms with van der Waals surface area (Å²) in [5, 5.41) is 0. The summed E-state index contributed by atoms with van der Waals surface area (Å²) in [6.07, 6.45) is 2.31. The molecule has 2 nitrogen and oxygen atoms in total. The molecular formula is C7H13NOS. The van der Waals surface area contributed by atoms with E-state index in [-0.39, 0.29) is 5.91 Å². The third-order valence-electron chi connectivity index (χ3n) is 2.01. The molecule has 1 amide bonds. The molecule has 0 radical (unpaired) electrons. The van der Waals surface area contributed by atoms with Gasteiger partial charge in [-0.3, -0.25) is 4.79 Å². The molecule has 0 aromatic carbocycles. The number of thiol groups is 1. The van der Waals surface area contributed by atoms with Crippen molar-refractivity contribution in [3.05, 3.63) is 0 Å². The topological polar surface area (TPSA) is 20.3 Å². The summed E-state index contributed by atoms with van der Waals surface area (Å²) in [5.74, 6) is 0.526. The van der Waals surface area contributed by atoms with Gasteiger partial charge in [-0.05, 0) is 19.8 Å². The van der Waals surface area contributed by atoms with Crippen LogP contribution >= 0.6 is 12.6 Å². The normalized spacial score (nSPS) is 25.4. The lowest BCUT2D eigenvalue weighted by atomic mass is 10.2. The summed E-state index contributed by atoms with van der Waals surface area (Å²) in [6.45, 7) is 3.02. The van der Waals surface area contributed by atoms with Gasteiger partial charge in [0.25, 0.3) is 0 Å². The molecule has 1 rings (SSSR count). The third kappa shape index (κ3) is 1.45. The maximum absolute atomic E-state index is 11.1. The number of nitrogens with zero attached hydrogens (tertiary/aromatic N) is 1. The number of carbonyl (C=O) groups is 1. The van der Waals surface area contributed by atoms with Crippen LogP contribution < -0.4 is 0 Å². The van der Waals surface area contributed by atoms with Crippen molar-refractivity contribution in [1.82, 2.24) is 4.90 Å². The Morgan fingerprint density at radius 3 is 2.90 bits per heavy atom. The largest absolute Gasteiger partial charge is 0.339 e. The van der Waals surface area contributed by atoms with Gasteiger partial charge in [0.1, 0.15) is 0 Å². The summed E-state index contributed by atoms with van der Waals surface area (Å²) in [5.41, 5.74) is 0. The van der Waals surface area contributed by atoms with E-state index in [1.807, 2.05) is 4.90 Å². The van der Waals surface area contributed by atoms with E-state index in [0.29, 0.717) is 11.8 Å². The minimum absolute atomic E-state index is 0.174. The zero-order valence-corrected chi connectivity index (χ0v) is 7.10. The Labute approximate surface area is 67.0 Å². The van der Waals surface area contributed by atoms with Gasteiger partial charge in [-0.2, -0.15) is 12.6 Å². The second-order valence-corrected chi connectivity index (χ2v) is 3.05. The molecule has 0 aromatic rings. The highest BCUT2D eigenvalue weighted by atomic mass is 32.1. The Morgan fingerprint density at radius 2 is 2.50 bits per heavy atom. The molecule has 1 saturated heterocycles. The maximum Gasteiger partial charge on any atom is 0.232 e. The van der Waals surface area contributed by atoms with Crippen LogP contribution in [0.15, 0.2) is 0 Å². The van der Waals surface area contributed by atoms with Crippen LogP contribution in [0.3, 0.4) is 0 Å². The van der Waals surface area contributed by atoms with Gasteiger partial charge in [-0.15, -0.1) is 0 Å². The standard InChI is InChI=1S/C7H13NOS/c1-6-3-2-4-8(6)7(9)5-10/h6,10H,2-5H2,1H3. The van der Waals surface area contributed by atoms with Crippen LogP contribution in [0.25, 0.3) is 0 Å². The van der Waals surface area contributed by atoms with Gasteiger partial charge in [0, 0.05) is 12.6 Å². The Balaban J connectivity index is 2.46. The fourth-order valence-electron chi connectivity index (χ4n) is 1.39. The Morgan fingerprint density at radius 1 is 1.80 bits per heavy atom. The molecule has 0 aliphatic carbocycles. The molecule has 1 aliphatic heterocycles. The maximum atomic E-state index is 11.1. The molecule has 0 saturated carbocycles. The smallest absolute Gasteiger partial charge is 0.232 e. The first-order chi connectivity index (χ1) is 4.75. The van der Waals surface area contributed by atoms with E-state index in [1.165, 1.54) is 0 Å². The zero-order chi connectivity index (χ0) is 7.56. The van der Waals surface area contributed by atoms with Crippen LogP contribution in [0.5, 0.6) is 0 Å². The summed E-state index contributed by atoms with van der Waals surface area (Å²) < 4.78 is 0. The molecule has 0 N–H and O–H groups in total. The molecule has 1 fully saturated rings. The third-order valence-corrected chi connectivity index (χ3v) is 2.28. The van der Waals surface area contributed by atoms with Crippen molar-refractivity contribution >= 4 is 18.5 Å². The van der Waals surface area contributed by atoms with E-state index in [1.54, 1.807) is 0 Å². The zero-order valence-electron chi connectivity index (χ0n) is 6.21. The molecule has 3 heteroatoms. The van der Waals surface area contributed by atoms with Crippen molar-refractivity contribution in [3.8, 4) is 0 Å². The van der Waals surface area contributed by atoms with Crippen molar-refractivity contribution in [2.24, 2.45) is 0 Å². The summed E-state index contributed by atoms with van der Waals surface area (Å²) in [4.78, 5) is 13.0. The quantitative estimate of drug-likeness (QED) is 0.564. The summed E-state index contributed by atoms with van der Waals surface area (Å²) in [7, 11) is 0. The minimum Gasteiger partial charge on any atom is -0.339 e. The molecule has 0 aromatic heterocycles. The summed E-state index contributed by atoms with van der Waals surface area (Å²) >= 11 is 3.94. The molecule has 0 bridgehead atoms. The number of amides is 1. The minimum atomic E-state index is 0.174. The van der Waals surface area contributed by atoms with Gasteiger partial charge < -0.3 is 4.90 Å². The van der Waals surface area contributed by atoms with Gasteiger partial charge in [0.2, 0.25) is 5.91 Å². The van der Waals surface area contributed by atoms with Gasteiger partial charge in [-0.1, -0.05) is 0 Å². The first-order valence-corrected chi connectivity index (χ1v) is 4.29. The van der Waals surface area contributed by atoms with E-state index in [4.69, 9.17) is 0 Å². The molecule has 58 valence electrons. The molecule has 1 aliphatic rings. The second-order valence-electron chi connectivity index (χ2n) is 2.74. The molecular weight excluding hydrogens is 146 g/mol. The van der Waals surface area contributed by atoms with Crippen LogP contribution in [0.2, 0.25) is 0 Å². The van der Waals surface area contributed by atoms with Crippen LogP contribution in [-0.2, 0) is 4.79 Å². The number of hydrogen-bond donors (Lipinski definition) is 1. The fraction of sp³-hybridized carbons (Fsp3) is 0.857. The van der Waals surface area contributed by atoms with Crippen molar-refractivity contribution in [3.63, 3.8) is 0 Å². The lowest BCUT2D eigenvalue weighted by molar-refractivity contribution is -0.128. The Kier molecular flexibility index (Phi) is 2.60. The highest BCUT2D eigenvalue weighted by Crippen LogP contribution is 2.16. The highest BCUT2D eigenvalue weighted by molar-refractivity contribution is 7.81. The summed E-state index contributed by atoms with van der Waals surface area (Å²) in [6, 6.07) is 0.444. The molecule has 1 unspecified atom stereocenters. The van der Waals surface area contributed by atoms with E-state index in [0.717, 1.165) is 19.4 Å². The first kappa shape index (κ1) is 7.92. The highest BCUT2D eigenvalue weighted by Gasteiger charge is 2.23. The number of hydrogen-bond acceptors (Lipinski definition) is 2. The van der Waals surface area contributed by atoms with Crippen molar-refractivity contribution in [1.29, 1.82) is 0 Å². The first-order valence-electron chi connectivity index (χ1n) is 3.66. The number of carbonyl (C=O) groups excluding carboxylic acids is 1. The lowest BCUT2D eigenvalue weighted by Crippen LogP contribution is -2.34. The number of likely N-dealkylation sites (tertiary alicyclic amines) is 1. The van der Waals surface area contributed by atoms with E-state index in [2.05, 4.69) is 19.6 Å². The molecule has 0 spiro atoms. The predicted octanol–water partition coefficient (Wildman–Crippen LogP) is 0.927. The Bertz CT molecular complexity index is 138. The molecule has 10 heavy (non-hydrogen) atoms. The Hall–Kier alpha value is -0.180. The second kappa shape index (κ2) is 3.28. The van der Waals surface area contributed by atoms with Crippen LogP contribution in [0.1, 0.15) is 19.8 Å². The van der Waals surface area contributed by atoms with Gasteiger partial charge >= 0.3 is 0 Å². The average Bonchev–Trinajstić information content (AvgIpc) is 2.34. The van der Waals surface area contributed by atoms with Crippen LogP contribution in [0.4, 0.5) is 0 Å². The molecule has 1 heterocycles. The van der Waals surface area contributed by atoms with E-state index in [9.17, 15) is 4.79 Å². The van der Waals surface area contributed by atoms with Gasteiger partial charge in [0.15, 0.2) is 0 Å².